The molecule has 1 amide bonds. The Balaban J connectivity index is 1.90. The van der Waals surface area contributed by atoms with Crippen LogP contribution in [0.2, 0.25) is 0 Å². The van der Waals surface area contributed by atoms with E-state index in [-0.39, 0.29) is 17.7 Å². The first-order valence-electron chi connectivity index (χ1n) is 11.6. The molecular weight excluding hydrogens is 440 g/mol. The summed E-state index contributed by atoms with van der Waals surface area (Å²) in [4.78, 5) is 67.2. The van der Waals surface area contributed by atoms with Gasteiger partial charge in [-0.3, -0.25) is 28.9 Å². The van der Waals surface area contributed by atoms with Gasteiger partial charge in [0.15, 0.2) is 34.7 Å². The average molecular weight is 471 g/mol. The van der Waals surface area contributed by atoms with Crippen molar-refractivity contribution in [3.8, 4) is 5.75 Å². The number of ketones is 4. The third-order valence-electron chi connectivity index (χ3n) is 7.99. The van der Waals surface area contributed by atoms with Crippen molar-refractivity contribution in [3.63, 3.8) is 0 Å². The molecule has 1 aromatic rings. The Labute approximate surface area is 197 Å². The predicted molar refractivity (Wildman–Crippen MR) is 120 cm³/mol. The average Bonchev–Trinajstić information content (AvgIpc) is 2.76. The van der Waals surface area contributed by atoms with Crippen LogP contribution in [0.3, 0.4) is 0 Å². The lowest BCUT2D eigenvalue weighted by atomic mass is 9.52. The van der Waals surface area contributed by atoms with Gasteiger partial charge in [0.1, 0.15) is 5.75 Å². The van der Waals surface area contributed by atoms with E-state index in [0.717, 1.165) is 5.56 Å². The molecule has 0 saturated heterocycles. The van der Waals surface area contributed by atoms with Gasteiger partial charge in [0, 0.05) is 5.92 Å². The van der Waals surface area contributed by atoms with E-state index in [4.69, 9.17) is 5.73 Å². The van der Waals surface area contributed by atoms with Crippen LogP contribution >= 0.6 is 0 Å². The second-order valence-electron chi connectivity index (χ2n) is 9.89. The molecule has 9 nitrogen and oxygen atoms in total. The fourth-order valence-electron chi connectivity index (χ4n) is 6.40. The zero-order valence-electron chi connectivity index (χ0n) is 19.8. The van der Waals surface area contributed by atoms with Crippen molar-refractivity contribution in [1.29, 1.82) is 0 Å². The van der Waals surface area contributed by atoms with Gasteiger partial charge in [-0.15, -0.1) is 0 Å². The molecule has 6 atom stereocenters. The fraction of sp³-hybridized carbons (Fsp3) is 0.560. The van der Waals surface area contributed by atoms with Crippen LogP contribution in [0.15, 0.2) is 6.07 Å². The van der Waals surface area contributed by atoms with Crippen LogP contribution in [0.5, 0.6) is 5.75 Å². The molecule has 0 aromatic heterocycles. The number of rotatable bonds is 4. The molecule has 4 N–H and O–H groups in total. The molecule has 34 heavy (non-hydrogen) atoms. The Morgan fingerprint density at radius 1 is 1.12 bits per heavy atom. The van der Waals surface area contributed by atoms with Crippen LogP contribution in [0, 0.1) is 23.7 Å². The molecule has 0 heterocycles. The molecule has 9 heteroatoms. The van der Waals surface area contributed by atoms with Crippen LogP contribution in [-0.4, -0.2) is 69.9 Å². The van der Waals surface area contributed by atoms with E-state index in [1.807, 2.05) is 19.9 Å². The van der Waals surface area contributed by atoms with Crippen molar-refractivity contribution in [2.24, 2.45) is 29.4 Å². The molecular formula is C25H30N2O7. The molecule has 0 radical (unpaired) electrons. The van der Waals surface area contributed by atoms with E-state index < -0.39 is 64.4 Å². The van der Waals surface area contributed by atoms with Gasteiger partial charge in [-0.1, -0.05) is 19.9 Å². The Bertz CT molecular complexity index is 1140. The Kier molecular flexibility index (Phi) is 5.77. The number of aliphatic hydroxyl groups is 1. The van der Waals surface area contributed by atoms with Gasteiger partial charge >= 0.3 is 0 Å². The van der Waals surface area contributed by atoms with E-state index in [0.29, 0.717) is 30.4 Å². The number of aromatic hydroxyl groups is 1. The first-order valence-corrected chi connectivity index (χ1v) is 11.6. The number of fused-ring (bicyclic) bond motifs is 3. The van der Waals surface area contributed by atoms with Crippen LogP contribution in [0.4, 0.5) is 0 Å². The SMILES string of the molecule is CCc1cc(CC)c2c(c1O)C(=O)C1C(=O)C3(O)C(=O)C(C(N)=O)C(=O)C(N(C)C)C3CC1C2. The van der Waals surface area contributed by atoms with E-state index >= 15 is 0 Å². The monoisotopic (exact) mass is 470 g/mol. The van der Waals surface area contributed by atoms with E-state index in [1.54, 1.807) is 14.1 Å². The highest BCUT2D eigenvalue weighted by Crippen LogP contribution is 2.51. The van der Waals surface area contributed by atoms with Gasteiger partial charge in [-0.05, 0) is 62.4 Å². The number of amides is 1. The van der Waals surface area contributed by atoms with Gasteiger partial charge in [0.05, 0.1) is 17.5 Å². The standard InChI is InChI=1S/C25H30N2O7/c1-5-10-7-11(6-2)19(28)16-13(10)8-12-9-14-18(27(3)4)21(30)17(24(26)33)23(32)25(14,34)22(31)15(12)20(16)29/h7,12,14-15,17-18,28,34H,5-6,8-9H2,1-4H3,(H2,26,33). The second-order valence-corrected chi connectivity index (χ2v) is 9.89. The summed E-state index contributed by atoms with van der Waals surface area (Å²) in [6, 6.07) is 0.777. The van der Waals surface area contributed by atoms with E-state index in [9.17, 15) is 34.2 Å². The third-order valence-corrected chi connectivity index (χ3v) is 7.99. The van der Waals surface area contributed by atoms with Crippen molar-refractivity contribution < 1.29 is 34.2 Å². The molecule has 2 saturated carbocycles. The van der Waals surface area contributed by atoms with Crippen LogP contribution in [0.25, 0.3) is 0 Å². The second kappa shape index (κ2) is 8.09. The number of carbonyl (C=O) groups is 5. The number of carbonyl (C=O) groups excluding carboxylic acids is 5. The minimum atomic E-state index is -2.69. The number of nitrogens with zero attached hydrogens (tertiary/aromatic N) is 1. The van der Waals surface area contributed by atoms with Crippen LogP contribution in [-0.2, 0) is 38.4 Å². The van der Waals surface area contributed by atoms with Crippen molar-refractivity contribution in [2.45, 2.75) is 51.2 Å². The number of likely N-dealkylation sites (N-methyl/N-ethyl adjacent to an activating group) is 1. The van der Waals surface area contributed by atoms with Crippen LogP contribution in [0.1, 0.15) is 47.3 Å². The first kappa shape index (κ1) is 24.2. The highest BCUT2D eigenvalue weighted by atomic mass is 16.3. The zero-order valence-corrected chi connectivity index (χ0v) is 19.8. The quantitative estimate of drug-likeness (QED) is 0.519. The Hall–Kier alpha value is -2.91. The number of hydrogen-bond acceptors (Lipinski definition) is 8. The normalized spacial score (nSPS) is 32.9. The number of phenols is 1. The highest BCUT2D eigenvalue weighted by Gasteiger charge is 2.69. The van der Waals surface area contributed by atoms with Gasteiger partial charge in [-0.2, -0.15) is 0 Å². The molecule has 2 fully saturated rings. The minimum absolute atomic E-state index is 0.0589. The molecule has 1 aromatic carbocycles. The van der Waals surface area contributed by atoms with Crippen molar-refractivity contribution >= 4 is 29.0 Å². The summed E-state index contributed by atoms with van der Waals surface area (Å²) < 4.78 is 0. The summed E-state index contributed by atoms with van der Waals surface area (Å²) in [5.74, 6) is -10.0. The first-order chi connectivity index (χ1) is 15.9. The van der Waals surface area contributed by atoms with Gasteiger partial charge in [0.2, 0.25) is 5.91 Å². The lowest BCUT2D eigenvalue weighted by Gasteiger charge is -2.52. The molecule has 0 spiro atoms. The topological polar surface area (TPSA) is 155 Å². The summed E-state index contributed by atoms with van der Waals surface area (Å²) in [5.41, 5.74) is 4.86. The lowest BCUT2D eigenvalue weighted by molar-refractivity contribution is -0.181. The maximum atomic E-state index is 13.8. The summed E-state index contributed by atoms with van der Waals surface area (Å²) in [7, 11) is 3.13. The molecule has 4 rings (SSSR count). The largest absolute Gasteiger partial charge is 0.507 e. The molecule has 182 valence electrons. The number of phenolic OH excluding ortho intramolecular Hbond substituents is 1. The Morgan fingerprint density at radius 3 is 2.26 bits per heavy atom. The number of benzene rings is 1. The molecule has 0 bridgehead atoms. The fourth-order valence-corrected chi connectivity index (χ4v) is 6.40. The van der Waals surface area contributed by atoms with E-state index in [1.165, 1.54) is 4.90 Å². The van der Waals surface area contributed by atoms with E-state index in [2.05, 4.69) is 0 Å². The van der Waals surface area contributed by atoms with Gasteiger partial charge in [-0.25, -0.2) is 0 Å². The number of primary amides is 1. The van der Waals surface area contributed by atoms with Crippen molar-refractivity contribution in [3.05, 3.63) is 28.3 Å². The predicted octanol–water partition coefficient (Wildman–Crippen LogP) is -0.00820. The number of hydrogen-bond donors (Lipinski definition) is 3. The number of aryl methyl sites for hydroxylation is 2. The van der Waals surface area contributed by atoms with Gasteiger partial charge in [0.25, 0.3) is 0 Å². The zero-order chi connectivity index (χ0) is 25.3. The van der Waals surface area contributed by atoms with Gasteiger partial charge < -0.3 is 15.9 Å². The number of Topliss-reactive ketones (excluding diaryl/α,β-unsaturated/α-hetero) is 4. The number of nitrogens with two attached hydrogens (primary N) is 1. The molecule has 0 aliphatic heterocycles. The summed E-state index contributed by atoms with van der Waals surface area (Å²) >= 11 is 0. The molecule has 3 aliphatic rings. The lowest BCUT2D eigenvalue weighted by Crippen LogP contribution is -2.74. The van der Waals surface area contributed by atoms with Crippen LogP contribution < -0.4 is 5.73 Å². The summed E-state index contributed by atoms with van der Waals surface area (Å²) in [6.07, 6.45) is 1.47. The van der Waals surface area contributed by atoms with Crippen molar-refractivity contribution in [1.82, 2.24) is 4.90 Å². The minimum Gasteiger partial charge on any atom is -0.507 e. The summed E-state index contributed by atoms with van der Waals surface area (Å²) in [5, 5.41) is 22.4. The summed E-state index contributed by atoms with van der Waals surface area (Å²) in [6.45, 7) is 3.79. The molecule has 3 aliphatic carbocycles. The maximum Gasteiger partial charge on any atom is 0.235 e. The maximum absolute atomic E-state index is 13.8. The smallest absolute Gasteiger partial charge is 0.235 e. The molecule has 6 unspecified atom stereocenters. The van der Waals surface area contributed by atoms with Crippen molar-refractivity contribution in [2.75, 3.05) is 14.1 Å². The Morgan fingerprint density at radius 2 is 1.74 bits per heavy atom. The third kappa shape index (κ3) is 3.03. The highest BCUT2D eigenvalue weighted by molar-refractivity contribution is 6.32.